The second-order valence-corrected chi connectivity index (χ2v) is 3.89. The van der Waals surface area contributed by atoms with Gasteiger partial charge in [-0.25, -0.2) is 4.39 Å². The van der Waals surface area contributed by atoms with Gasteiger partial charge in [0, 0.05) is 5.69 Å². The molecule has 0 saturated carbocycles. The number of benzene rings is 1. The maximum atomic E-state index is 13.5. The van der Waals surface area contributed by atoms with Crippen LogP contribution in [0, 0.1) is 39.8 Å². The molecule has 0 aromatic heterocycles. The summed E-state index contributed by atoms with van der Waals surface area (Å²) in [7, 11) is -1.23. The number of rotatable bonds is 2. The number of halogens is 1. The SMILES string of the molecule is N#CC(C#N)=C(C#N)Nc1cc(F)cc2c1COB2O. The second kappa shape index (κ2) is 5.42. The van der Waals surface area contributed by atoms with E-state index in [0.717, 1.165) is 12.1 Å². The average molecular weight is 268 g/mol. The molecule has 96 valence electrons. The second-order valence-electron chi connectivity index (χ2n) is 3.89. The van der Waals surface area contributed by atoms with Gasteiger partial charge >= 0.3 is 7.12 Å². The van der Waals surface area contributed by atoms with Crippen LogP contribution in [0.2, 0.25) is 0 Å². The summed E-state index contributed by atoms with van der Waals surface area (Å²) in [6, 6.07) is 7.05. The van der Waals surface area contributed by atoms with Crippen molar-refractivity contribution in [2.24, 2.45) is 0 Å². The number of nitrogens with zero attached hydrogens (tertiary/aromatic N) is 3. The van der Waals surface area contributed by atoms with Crippen molar-refractivity contribution in [3.05, 3.63) is 34.8 Å². The Kier molecular flexibility index (Phi) is 3.68. The van der Waals surface area contributed by atoms with Crippen molar-refractivity contribution >= 4 is 18.3 Å². The highest BCUT2D eigenvalue weighted by molar-refractivity contribution is 6.61. The minimum Gasteiger partial charge on any atom is -0.423 e. The molecule has 0 radical (unpaired) electrons. The first kappa shape index (κ1) is 13.6. The van der Waals surface area contributed by atoms with Gasteiger partial charge in [0.2, 0.25) is 0 Å². The molecule has 0 amide bonds. The Morgan fingerprint density at radius 2 is 2.00 bits per heavy atom. The topological polar surface area (TPSA) is 113 Å². The standard InChI is InChI=1S/C12H6BFN4O2/c14-8-1-10-9(6-20-13(10)19)11(2-8)18-12(5-17)7(3-15)4-16/h1-2,18-19H,6H2. The zero-order valence-corrected chi connectivity index (χ0v) is 10.0. The zero-order valence-electron chi connectivity index (χ0n) is 10.0. The van der Waals surface area contributed by atoms with E-state index < -0.39 is 18.5 Å². The van der Waals surface area contributed by atoms with Crippen molar-refractivity contribution in [2.45, 2.75) is 6.61 Å². The number of hydrogen-bond acceptors (Lipinski definition) is 6. The highest BCUT2D eigenvalue weighted by atomic mass is 19.1. The summed E-state index contributed by atoms with van der Waals surface area (Å²) in [6.07, 6.45) is 0. The number of hydrogen-bond donors (Lipinski definition) is 2. The quantitative estimate of drug-likeness (QED) is 0.588. The van der Waals surface area contributed by atoms with Gasteiger partial charge in [0.25, 0.3) is 0 Å². The Morgan fingerprint density at radius 3 is 2.60 bits per heavy atom. The third kappa shape index (κ3) is 2.32. The molecule has 20 heavy (non-hydrogen) atoms. The lowest BCUT2D eigenvalue weighted by molar-refractivity contribution is 0.276. The van der Waals surface area contributed by atoms with Crippen LogP contribution in [0.1, 0.15) is 5.56 Å². The first-order chi connectivity index (χ1) is 9.60. The highest BCUT2D eigenvalue weighted by Crippen LogP contribution is 2.23. The molecule has 1 aliphatic heterocycles. The van der Waals surface area contributed by atoms with E-state index in [1.165, 1.54) is 0 Å². The summed E-state index contributed by atoms with van der Waals surface area (Å²) in [6.45, 7) is 0.0340. The molecule has 0 fully saturated rings. The van der Waals surface area contributed by atoms with Gasteiger partial charge in [-0.3, -0.25) is 0 Å². The maximum Gasteiger partial charge on any atom is 0.491 e. The van der Waals surface area contributed by atoms with E-state index >= 15 is 0 Å². The molecule has 0 saturated heterocycles. The average Bonchev–Trinajstić information content (AvgIpc) is 2.80. The van der Waals surface area contributed by atoms with Gasteiger partial charge < -0.3 is 15.0 Å². The Labute approximate surface area is 114 Å². The molecular formula is C12H6BFN4O2. The minimum atomic E-state index is -1.23. The lowest BCUT2D eigenvalue weighted by Crippen LogP contribution is -2.28. The Hall–Kier alpha value is -2.86. The van der Waals surface area contributed by atoms with Crippen LogP contribution >= 0.6 is 0 Å². The van der Waals surface area contributed by atoms with Crippen LogP contribution in [0.15, 0.2) is 23.4 Å². The predicted octanol–water partition coefficient (Wildman–Crippen LogP) is 0.280. The molecule has 6 nitrogen and oxygen atoms in total. The normalized spacial score (nSPS) is 11.8. The zero-order chi connectivity index (χ0) is 14.7. The molecule has 2 N–H and O–H groups in total. The molecule has 0 bridgehead atoms. The Bertz CT molecular complexity index is 711. The lowest BCUT2D eigenvalue weighted by atomic mass is 9.79. The Balaban J connectivity index is 2.50. The van der Waals surface area contributed by atoms with Crippen LogP contribution in [-0.4, -0.2) is 12.1 Å². The van der Waals surface area contributed by atoms with Gasteiger partial charge in [-0.15, -0.1) is 0 Å². The molecule has 1 aromatic carbocycles. The van der Waals surface area contributed by atoms with Crippen LogP contribution in [0.3, 0.4) is 0 Å². The number of nitriles is 3. The van der Waals surface area contributed by atoms with Gasteiger partial charge in [0.15, 0.2) is 5.57 Å². The van der Waals surface area contributed by atoms with Crippen molar-refractivity contribution in [1.29, 1.82) is 15.8 Å². The molecule has 0 aliphatic carbocycles. The minimum absolute atomic E-state index is 0.0340. The number of fused-ring (bicyclic) bond motifs is 1. The number of anilines is 1. The number of nitrogens with one attached hydrogen (secondary N) is 1. The molecular weight excluding hydrogens is 262 g/mol. The van der Waals surface area contributed by atoms with Crippen LogP contribution in [0.5, 0.6) is 0 Å². The van der Waals surface area contributed by atoms with E-state index in [1.807, 2.05) is 0 Å². The van der Waals surface area contributed by atoms with E-state index in [2.05, 4.69) is 5.32 Å². The van der Waals surface area contributed by atoms with Gasteiger partial charge in [-0.1, -0.05) is 0 Å². The van der Waals surface area contributed by atoms with Gasteiger partial charge in [0.1, 0.15) is 29.7 Å². The summed E-state index contributed by atoms with van der Waals surface area (Å²) in [5.41, 5.74) is 0.201. The summed E-state index contributed by atoms with van der Waals surface area (Å²) < 4.78 is 18.4. The summed E-state index contributed by atoms with van der Waals surface area (Å²) in [4.78, 5) is 0. The molecule has 8 heteroatoms. The smallest absolute Gasteiger partial charge is 0.423 e. The maximum absolute atomic E-state index is 13.5. The lowest BCUT2D eigenvalue weighted by Gasteiger charge is -2.10. The molecule has 0 atom stereocenters. The van der Waals surface area contributed by atoms with Gasteiger partial charge in [-0.2, -0.15) is 15.8 Å². The van der Waals surface area contributed by atoms with E-state index in [1.54, 1.807) is 18.2 Å². The van der Waals surface area contributed by atoms with E-state index in [4.69, 9.17) is 20.4 Å². The molecule has 1 heterocycles. The van der Waals surface area contributed by atoms with Gasteiger partial charge in [-0.05, 0) is 23.2 Å². The Morgan fingerprint density at radius 1 is 1.30 bits per heavy atom. The van der Waals surface area contributed by atoms with E-state index in [-0.39, 0.29) is 23.5 Å². The predicted molar refractivity (Wildman–Crippen MR) is 66.3 cm³/mol. The molecule has 0 unspecified atom stereocenters. The molecule has 2 rings (SSSR count). The fraction of sp³-hybridized carbons (Fsp3) is 0.0833. The molecule has 0 spiro atoms. The third-order valence-electron chi connectivity index (χ3n) is 2.75. The first-order valence-electron chi connectivity index (χ1n) is 5.44. The summed E-state index contributed by atoms with van der Waals surface area (Å²) in [5.74, 6) is -0.636. The van der Waals surface area contributed by atoms with Crippen LogP contribution in [0.4, 0.5) is 10.1 Å². The van der Waals surface area contributed by atoms with E-state index in [0.29, 0.717) is 5.56 Å². The van der Waals surface area contributed by atoms with Crippen molar-refractivity contribution < 1.29 is 14.1 Å². The monoisotopic (exact) mass is 268 g/mol. The first-order valence-corrected chi connectivity index (χ1v) is 5.44. The van der Waals surface area contributed by atoms with E-state index in [9.17, 15) is 9.41 Å². The van der Waals surface area contributed by atoms with Gasteiger partial charge in [0.05, 0.1) is 6.61 Å². The van der Waals surface area contributed by atoms with Crippen molar-refractivity contribution in [3.63, 3.8) is 0 Å². The largest absolute Gasteiger partial charge is 0.491 e. The van der Waals surface area contributed by atoms with Crippen LogP contribution < -0.4 is 10.8 Å². The molecule has 1 aliphatic rings. The molecule has 1 aromatic rings. The fourth-order valence-corrected chi connectivity index (χ4v) is 1.82. The van der Waals surface area contributed by atoms with Crippen LogP contribution in [-0.2, 0) is 11.3 Å². The highest BCUT2D eigenvalue weighted by Gasteiger charge is 2.30. The number of allylic oxidation sites excluding steroid dienone is 2. The van der Waals surface area contributed by atoms with Crippen molar-refractivity contribution in [1.82, 2.24) is 0 Å². The summed E-state index contributed by atoms with van der Waals surface area (Å²) in [5, 5.41) is 38.5. The van der Waals surface area contributed by atoms with Crippen molar-refractivity contribution in [2.75, 3.05) is 5.32 Å². The van der Waals surface area contributed by atoms with Crippen LogP contribution in [0.25, 0.3) is 0 Å². The summed E-state index contributed by atoms with van der Waals surface area (Å²) >= 11 is 0. The third-order valence-corrected chi connectivity index (χ3v) is 2.75. The van der Waals surface area contributed by atoms with Crippen molar-refractivity contribution in [3.8, 4) is 18.2 Å². The fourth-order valence-electron chi connectivity index (χ4n) is 1.82.